The molecule has 1 heterocycles. The first-order valence-electron chi connectivity index (χ1n) is 11.3. The van der Waals surface area contributed by atoms with E-state index in [0.717, 1.165) is 41.3 Å². The largest absolute Gasteiger partial charge is 0.494 e. The lowest BCUT2D eigenvalue weighted by Crippen LogP contribution is -2.07. The second-order valence-electron chi connectivity index (χ2n) is 8.00. The zero-order chi connectivity index (χ0) is 22.6. The molecule has 0 unspecified atom stereocenters. The zero-order valence-corrected chi connectivity index (χ0v) is 19.4. The van der Waals surface area contributed by atoms with Gasteiger partial charge >= 0.3 is 0 Å². The molecule has 0 saturated heterocycles. The Bertz CT molecular complexity index is 1010. The second-order valence-corrected chi connectivity index (χ2v) is 8.00. The number of anilines is 1. The van der Waals surface area contributed by atoms with E-state index in [2.05, 4.69) is 70.3 Å². The molecule has 1 aromatic heterocycles. The van der Waals surface area contributed by atoms with Crippen LogP contribution in [-0.2, 0) is 0 Å². The Morgan fingerprint density at radius 1 is 0.750 bits per heavy atom. The van der Waals surface area contributed by atoms with E-state index in [0.29, 0.717) is 0 Å². The van der Waals surface area contributed by atoms with Gasteiger partial charge in [0.15, 0.2) is 0 Å². The first kappa shape index (κ1) is 23.3. The molecule has 32 heavy (non-hydrogen) atoms. The third-order valence-corrected chi connectivity index (χ3v) is 5.16. The molecule has 3 rings (SSSR count). The molecule has 0 aliphatic heterocycles. The highest BCUT2D eigenvalue weighted by atomic mass is 16.5. The Morgan fingerprint density at radius 3 is 1.91 bits per heavy atom. The summed E-state index contributed by atoms with van der Waals surface area (Å²) in [5, 5.41) is 0. The summed E-state index contributed by atoms with van der Waals surface area (Å²) in [7, 11) is 4.08. The predicted molar refractivity (Wildman–Crippen MR) is 137 cm³/mol. The number of aromatic nitrogens is 2. The van der Waals surface area contributed by atoms with Gasteiger partial charge in [-0.15, -0.1) is 0 Å². The van der Waals surface area contributed by atoms with Crippen LogP contribution in [0.1, 0.15) is 55.1 Å². The van der Waals surface area contributed by atoms with Gasteiger partial charge in [0.25, 0.3) is 0 Å². The van der Waals surface area contributed by atoms with Crippen molar-refractivity contribution in [3.63, 3.8) is 0 Å². The van der Waals surface area contributed by atoms with Crippen molar-refractivity contribution >= 4 is 30.0 Å². The summed E-state index contributed by atoms with van der Waals surface area (Å²) in [6.07, 6.45) is 14.6. The van der Waals surface area contributed by atoms with E-state index < -0.39 is 0 Å². The van der Waals surface area contributed by atoms with Crippen LogP contribution < -0.4 is 9.64 Å². The van der Waals surface area contributed by atoms with Gasteiger partial charge in [0.1, 0.15) is 12.1 Å². The zero-order valence-electron chi connectivity index (χ0n) is 19.4. The fraction of sp³-hybridized carbons (Fsp3) is 0.286. The topological polar surface area (TPSA) is 38.2 Å². The molecule has 4 nitrogen and oxygen atoms in total. The Labute approximate surface area is 192 Å². The van der Waals surface area contributed by atoms with Gasteiger partial charge in [0, 0.05) is 19.8 Å². The highest BCUT2D eigenvalue weighted by molar-refractivity contribution is 5.72. The Kier molecular flexibility index (Phi) is 9.05. The molecule has 0 N–H and O–H groups in total. The molecule has 0 saturated carbocycles. The molecule has 166 valence electrons. The SMILES string of the molecule is CCCCCCOc1ccc(/C=C/c2cc(/C=C/c3ccc(N(C)C)cc3)ncn2)cc1. The van der Waals surface area contributed by atoms with Gasteiger partial charge in [-0.1, -0.05) is 62.6 Å². The maximum absolute atomic E-state index is 5.81. The van der Waals surface area contributed by atoms with E-state index in [4.69, 9.17) is 4.74 Å². The number of nitrogens with zero attached hydrogens (tertiary/aromatic N) is 3. The highest BCUT2D eigenvalue weighted by Crippen LogP contribution is 2.16. The van der Waals surface area contributed by atoms with E-state index in [1.54, 1.807) is 6.33 Å². The predicted octanol–water partition coefficient (Wildman–Crippen LogP) is 6.84. The average Bonchev–Trinajstić information content (AvgIpc) is 2.82. The van der Waals surface area contributed by atoms with Gasteiger partial charge < -0.3 is 9.64 Å². The van der Waals surface area contributed by atoms with Crippen molar-refractivity contribution in [1.29, 1.82) is 0 Å². The average molecular weight is 428 g/mol. The summed E-state index contributed by atoms with van der Waals surface area (Å²) >= 11 is 0. The molecular formula is C28H33N3O. The number of unbranched alkanes of at least 4 members (excludes halogenated alkanes) is 3. The first-order valence-corrected chi connectivity index (χ1v) is 11.3. The Balaban J connectivity index is 1.55. The number of ether oxygens (including phenoxy) is 1. The van der Waals surface area contributed by atoms with E-state index in [9.17, 15) is 0 Å². The third-order valence-electron chi connectivity index (χ3n) is 5.16. The summed E-state index contributed by atoms with van der Waals surface area (Å²) in [6.45, 7) is 3.00. The number of hydrogen-bond acceptors (Lipinski definition) is 4. The van der Waals surface area contributed by atoms with Crippen LogP contribution >= 0.6 is 0 Å². The molecule has 0 aliphatic carbocycles. The Morgan fingerprint density at radius 2 is 1.34 bits per heavy atom. The lowest BCUT2D eigenvalue weighted by atomic mass is 10.1. The van der Waals surface area contributed by atoms with Crippen molar-refractivity contribution in [2.45, 2.75) is 32.6 Å². The summed E-state index contributed by atoms with van der Waals surface area (Å²) in [5.41, 5.74) is 5.18. The van der Waals surface area contributed by atoms with Crippen molar-refractivity contribution in [3.05, 3.63) is 83.4 Å². The maximum Gasteiger partial charge on any atom is 0.119 e. The van der Waals surface area contributed by atoms with Gasteiger partial charge in [0.05, 0.1) is 18.0 Å². The maximum atomic E-state index is 5.81. The van der Waals surface area contributed by atoms with Crippen LogP contribution in [0.5, 0.6) is 5.75 Å². The molecule has 0 aliphatic rings. The van der Waals surface area contributed by atoms with Crippen molar-refractivity contribution < 1.29 is 4.74 Å². The van der Waals surface area contributed by atoms with Gasteiger partial charge in [-0.25, -0.2) is 9.97 Å². The monoisotopic (exact) mass is 427 g/mol. The van der Waals surface area contributed by atoms with Crippen LogP contribution in [0.3, 0.4) is 0 Å². The normalized spacial score (nSPS) is 11.3. The summed E-state index contributed by atoms with van der Waals surface area (Å²) < 4.78 is 5.81. The molecular weight excluding hydrogens is 394 g/mol. The molecule has 2 aromatic carbocycles. The minimum absolute atomic E-state index is 0.784. The van der Waals surface area contributed by atoms with Crippen LogP contribution in [0, 0.1) is 0 Å². The lowest BCUT2D eigenvalue weighted by molar-refractivity contribution is 0.305. The molecule has 0 atom stereocenters. The standard InChI is InChI=1S/C28H33N3O/c1-4-5-6-7-20-32-28-18-12-24(13-19-28)9-15-26-21-25(29-22-30-26)14-8-23-10-16-27(17-11-23)31(2)3/h8-19,21-22H,4-7,20H2,1-3H3/b14-8+,15-9+. The van der Waals surface area contributed by atoms with Gasteiger partial charge in [-0.3, -0.25) is 0 Å². The fourth-order valence-corrected chi connectivity index (χ4v) is 3.21. The van der Waals surface area contributed by atoms with Crippen LogP contribution in [0.25, 0.3) is 24.3 Å². The van der Waals surface area contributed by atoms with Crippen LogP contribution in [0.4, 0.5) is 5.69 Å². The Hall–Kier alpha value is -3.40. The molecule has 0 amide bonds. The molecule has 0 radical (unpaired) electrons. The molecule has 4 heteroatoms. The van der Waals surface area contributed by atoms with Gasteiger partial charge in [0.2, 0.25) is 0 Å². The van der Waals surface area contributed by atoms with Crippen LogP contribution in [-0.4, -0.2) is 30.7 Å². The summed E-state index contributed by atoms with van der Waals surface area (Å²) in [5.74, 6) is 0.923. The quantitative estimate of drug-likeness (QED) is 0.314. The highest BCUT2D eigenvalue weighted by Gasteiger charge is 1.97. The molecule has 0 bridgehead atoms. The van der Waals surface area contributed by atoms with Crippen molar-refractivity contribution in [2.75, 3.05) is 25.6 Å². The lowest BCUT2D eigenvalue weighted by Gasteiger charge is -2.11. The molecule has 3 aromatic rings. The number of hydrogen-bond donors (Lipinski definition) is 0. The summed E-state index contributed by atoms with van der Waals surface area (Å²) in [6, 6.07) is 18.6. The third kappa shape index (κ3) is 7.69. The fourth-order valence-electron chi connectivity index (χ4n) is 3.21. The van der Waals surface area contributed by atoms with Crippen LogP contribution in [0.2, 0.25) is 0 Å². The van der Waals surface area contributed by atoms with Crippen molar-refractivity contribution in [3.8, 4) is 5.75 Å². The van der Waals surface area contributed by atoms with Gasteiger partial charge in [-0.05, 0) is 60.0 Å². The molecule has 0 fully saturated rings. The van der Waals surface area contributed by atoms with Gasteiger partial charge in [-0.2, -0.15) is 0 Å². The number of rotatable bonds is 11. The minimum atomic E-state index is 0.784. The molecule has 0 spiro atoms. The van der Waals surface area contributed by atoms with E-state index >= 15 is 0 Å². The van der Waals surface area contributed by atoms with Crippen molar-refractivity contribution in [1.82, 2.24) is 9.97 Å². The van der Waals surface area contributed by atoms with E-state index in [1.807, 2.05) is 44.4 Å². The van der Waals surface area contributed by atoms with E-state index in [1.165, 1.54) is 24.9 Å². The number of benzene rings is 2. The van der Waals surface area contributed by atoms with Crippen LogP contribution in [0.15, 0.2) is 60.9 Å². The second kappa shape index (κ2) is 12.5. The first-order chi connectivity index (χ1) is 15.6. The summed E-state index contributed by atoms with van der Waals surface area (Å²) in [4.78, 5) is 10.8. The van der Waals surface area contributed by atoms with E-state index in [-0.39, 0.29) is 0 Å². The smallest absolute Gasteiger partial charge is 0.119 e. The minimum Gasteiger partial charge on any atom is -0.494 e. The van der Waals surface area contributed by atoms with Crippen molar-refractivity contribution in [2.24, 2.45) is 0 Å².